The molecule has 1 heterocycles. The molecule has 0 aliphatic heterocycles. The minimum atomic E-state index is -0.491. The Morgan fingerprint density at radius 2 is 1.81 bits per heavy atom. The molecular formula is C30H32FN5O. The van der Waals surface area contributed by atoms with Gasteiger partial charge < -0.3 is 16.4 Å². The number of aromatic nitrogens is 2. The molecule has 0 bridgehead atoms. The second-order valence-electron chi connectivity index (χ2n) is 9.85. The zero-order valence-corrected chi connectivity index (χ0v) is 21.2. The van der Waals surface area contributed by atoms with Crippen LogP contribution >= 0.6 is 0 Å². The molecule has 3 aromatic carbocycles. The Morgan fingerprint density at radius 3 is 2.54 bits per heavy atom. The first-order valence-corrected chi connectivity index (χ1v) is 12.7. The summed E-state index contributed by atoms with van der Waals surface area (Å²) in [7, 11) is 0. The van der Waals surface area contributed by atoms with Crippen molar-refractivity contribution in [3.63, 3.8) is 0 Å². The lowest BCUT2D eigenvalue weighted by molar-refractivity contribution is 0.101. The lowest BCUT2D eigenvalue weighted by Crippen LogP contribution is -2.25. The highest BCUT2D eigenvalue weighted by Crippen LogP contribution is 2.31. The van der Waals surface area contributed by atoms with Crippen molar-refractivity contribution in [1.82, 2.24) is 15.1 Å². The third kappa shape index (κ3) is 5.79. The van der Waals surface area contributed by atoms with Crippen LogP contribution in [0.15, 0.2) is 72.8 Å². The highest BCUT2D eigenvalue weighted by molar-refractivity contribution is 6.03. The molecule has 4 N–H and O–H groups in total. The normalized spacial score (nSPS) is 13.9. The fourth-order valence-corrected chi connectivity index (χ4v) is 4.47. The molecule has 1 atom stereocenters. The fraction of sp³-hybridized carbons (Fsp3) is 0.267. The van der Waals surface area contributed by atoms with Crippen LogP contribution in [0.2, 0.25) is 0 Å². The van der Waals surface area contributed by atoms with Crippen molar-refractivity contribution < 1.29 is 9.18 Å². The van der Waals surface area contributed by atoms with E-state index in [0.717, 1.165) is 28.9 Å². The van der Waals surface area contributed by atoms with Crippen LogP contribution in [0.3, 0.4) is 0 Å². The van der Waals surface area contributed by atoms with E-state index in [0.29, 0.717) is 23.9 Å². The number of amides is 1. The number of benzene rings is 3. The number of nitrogens with one attached hydrogen (secondary N) is 2. The Bertz CT molecular complexity index is 1410. The standard InChI is InChI=1S/C30H32FN5O/c1-19-6-10-23(11-7-19)29(33-18-21-8-9-21)24-12-13-26(31)27(16-24)34-30(37)28-14-20(2)35-36(28)25-5-3-4-22(15-25)17-32/h3-7,10-16,21,29,33H,8-9,17-18,32H2,1-2H3,(H,34,37). The van der Waals surface area contributed by atoms with Crippen molar-refractivity contribution in [2.45, 2.75) is 39.3 Å². The molecule has 1 amide bonds. The van der Waals surface area contributed by atoms with Gasteiger partial charge >= 0.3 is 0 Å². The van der Waals surface area contributed by atoms with Crippen LogP contribution in [0.4, 0.5) is 10.1 Å². The van der Waals surface area contributed by atoms with Crippen molar-refractivity contribution in [3.8, 4) is 5.69 Å². The van der Waals surface area contributed by atoms with Gasteiger partial charge in [0.25, 0.3) is 5.91 Å². The smallest absolute Gasteiger partial charge is 0.274 e. The summed E-state index contributed by atoms with van der Waals surface area (Å²) < 4.78 is 16.5. The topological polar surface area (TPSA) is 85.0 Å². The van der Waals surface area contributed by atoms with Crippen LogP contribution < -0.4 is 16.4 Å². The van der Waals surface area contributed by atoms with E-state index in [4.69, 9.17) is 5.73 Å². The summed E-state index contributed by atoms with van der Waals surface area (Å²) in [4.78, 5) is 13.4. The van der Waals surface area contributed by atoms with Crippen molar-refractivity contribution in [1.29, 1.82) is 0 Å². The number of carbonyl (C=O) groups excluding carboxylic acids is 1. The molecule has 0 radical (unpaired) electrons. The Morgan fingerprint density at radius 1 is 1.05 bits per heavy atom. The molecule has 7 heteroatoms. The van der Waals surface area contributed by atoms with Crippen molar-refractivity contribution in [2.24, 2.45) is 11.7 Å². The van der Waals surface area contributed by atoms with E-state index >= 15 is 0 Å². The van der Waals surface area contributed by atoms with Gasteiger partial charge in [0.05, 0.1) is 23.1 Å². The van der Waals surface area contributed by atoms with Crippen molar-refractivity contribution >= 4 is 11.6 Å². The summed E-state index contributed by atoms with van der Waals surface area (Å²) in [6.07, 6.45) is 2.47. The average molecular weight is 498 g/mol. The Kier molecular flexibility index (Phi) is 7.17. The van der Waals surface area contributed by atoms with Gasteiger partial charge in [-0.15, -0.1) is 0 Å². The zero-order chi connectivity index (χ0) is 25.9. The summed E-state index contributed by atoms with van der Waals surface area (Å²) in [5, 5.41) is 10.9. The number of nitrogens with two attached hydrogens (primary N) is 1. The summed E-state index contributed by atoms with van der Waals surface area (Å²) in [6.45, 7) is 5.15. The van der Waals surface area contributed by atoms with Gasteiger partial charge in [-0.1, -0.05) is 48.0 Å². The maximum absolute atomic E-state index is 14.9. The maximum Gasteiger partial charge on any atom is 0.274 e. The predicted octanol–water partition coefficient (Wildman–Crippen LogP) is 5.43. The first-order chi connectivity index (χ1) is 17.9. The van der Waals surface area contributed by atoms with Gasteiger partial charge in [-0.25, -0.2) is 9.07 Å². The number of nitrogens with zero attached hydrogens (tertiary/aromatic N) is 2. The molecule has 1 fully saturated rings. The molecule has 0 saturated heterocycles. The Balaban J connectivity index is 1.44. The van der Waals surface area contributed by atoms with E-state index < -0.39 is 11.7 Å². The largest absolute Gasteiger partial charge is 0.326 e. The van der Waals surface area contributed by atoms with E-state index in [9.17, 15) is 9.18 Å². The van der Waals surface area contributed by atoms with Crippen molar-refractivity contribution in [3.05, 3.63) is 112 Å². The van der Waals surface area contributed by atoms with Crippen molar-refractivity contribution in [2.75, 3.05) is 11.9 Å². The first kappa shape index (κ1) is 24.9. The van der Waals surface area contributed by atoms with Crippen LogP contribution in [0, 0.1) is 25.6 Å². The van der Waals surface area contributed by atoms with Gasteiger partial charge in [0, 0.05) is 6.54 Å². The van der Waals surface area contributed by atoms with Gasteiger partial charge in [-0.3, -0.25) is 4.79 Å². The molecule has 6 nitrogen and oxygen atoms in total. The third-order valence-electron chi connectivity index (χ3n) is 6.75. The molecule has 0 spiro atoms. The van der Waals surface area contributed by atoms with E-state index in [1.165, 1.54) is 24.5 Å². The molecule has 1 saturated carbocycles. The lowest BCUT2D eigenvalue weighted by atomic mass is 9.97. The van der Waals surface area contributed by atoms with E-state index in [1.807, 2.05) is 31.2 Å². The third-order valence-corrected chi connectivity index (χ3v) is 6.75. The molecule has 1 aliphatic rings. The minimum Gasteiger partial charge on any atom is -0.326 e. The molecule has 1 unspecified atom stereocenters. The number of aryl methyl sites for hydroxylation is 2. The quantitative estimate of drug-likeness (QED) is 0.288. The molecule has 1 aromatic heterocycles. The number of carbonyl (C=O) groups is 1. The van der Waals surface area contributed by atoms with Crippen LogP contribution in [0.25, 0.3) is 5.69 Å². The van der Waals surface area contributed by atoms with Gasteiger partial charge in [0.1, 0.15) is 11.5 Å². The predicted molar refractivity (Wildman–Crippen MR) is 144 cm³/mol. The van der Waals surface area contributed by atoms with Crippen LogP contribution in [0.1, 0.15) is 57.3 Å². The molecule has 4 aromatic rings. The highest BCUT2D eigenvalue weighted by atomic mass is 19.1. The summed E-state index contributed by atoms with van der Waals surface area (Å²) in [6, 6.07) is 22.4. The van der Waals surface area contributed by atoms with E-state index in [-0.39, 0.29) is 11.7 Å². The van der Waals surface area contributed by atoms with Gasteiger partial charge in [0.15, 0.2) is 0 Å². The van der Waals surface area contributed by atoms with E-state index in [1.54, 1.807) is 22.9 Å². The van der Waals surface area contributed by atoms with Gasteiger partial charge in [-0.05, 0) is 86.2 Å². The molecular weight excluding hydrogens is 465 g/mol. The Labute approximate surface area is 216 Å². The summed E-state index contributed by atoms with van der Waals surface area (Å²) in [5.41, 5.74) is 11.7. The van der Waals surface area contributed by atoms with Crippen LogP contribution in [-0.4, -0.2) is 22.2 Å². The number of anilines is 1. The number of halogens is 1. The molecule has 1 aliphatic carbocycles. The second-order valence-corrected chi connectivity index (χ2v) is 9.85. The number of hydrogen-bond acceptors (Lipinski definition) is 4. The molecule has 190 valence electrons. The highest BCUT2D eigenvalue weighted by Gasteiger charge is 2.24. The van der Waals surface area contributed by atoms with E-state index in [2.05, 4.69) is 46.9 Å². The molecule has 37 heavy (non-hydrogen) atoms. The lowest BCUT2D eigenvalue weighted by Gasteiger charge is -2.21. The number of hydrogen-bond donors (Lipinski definition) is 3. The first-order valence-electron chi connectivity index (χ1n) is 12.7. The number of rotatable bonds is 9. The second kappa shape index (κ2) is 10.7. The van der Waals surface area contributed by atoms with Gasteiger partial charge in [-0.2, -0.15) is 5.10 Å². The summed E-state index contributed by atoms with van der Waals surface area (Å²) in [5.74, 6) is -0.239. The fourth-order valence-electron chi connectivity index (χ4n) is 4.47. The summed E-state index contributed by atoms with van der Waals surface area (Å²) >= 11 is 0. The van der Waals surface area contributed by atoms with Gasteiger partial charge in [0.2, 0.25) is 0 Å². The van der Waals surface area contributed by atoms with Crippen LogP contribution in [-0.2, 0) is 6.54 Å². The Hall–Kier alpha value is -3.81. The zero-order valence-electron chi connectivity index (χ0n) is 21.2. The monoisotopic (exact) mass is 497 g/mol. The van der Waals surface area contributed by atoms with Crippen LogP contribution in [0.5, 0.6) is 0 Å². The SMILES string of the molecule is Cc1ccc(C(NCC2CC2)c2ccc(F)c(NC(=O)c3cc(C)nn3-c3cccc(CN)c3)c2)cc1. The minimum absolute atomic E-state index is 0.107. The maximum atomic E-state index is 14.9. The molecule has 5 rings (SSSR count). The average Bonchev–Trinajstić information content (AvgIpc) is 3.65.